The van der Waals surface area contributed by atoms with Gasteiger partial charge in [0.25, 0.3) is 0 Å². The van der Waals surface area contributed by atoms with Crippen molar-refractivity contribution in [3.8, 4) is 5.75 Å². The second kappa shape index (κ2) is 9.59. The van der Waals surface area contributed by atoms with Gasteiger partial charge in [0.2, 0.25) is 15.9 Å². The van der Waals surface area contributed by atoms with Crippen molar-refractivity contribution in [3.63, 3.8) is 0 Å². The summed E-state index contributed by atoms with van der Waals surface area (Å²) >= 11 is 0. The van der Waals surface area contributed by atoms with Gasteiger partial charge in [-0.05, 0) is 74.7 Å². The van der Waals surface area contributed by atoms with Gasteiger partial charge in [0.15, 0.2) is 0 Å². The fraction of sp³-hybridized carbons (Fsp3) is 0.381. The smallest absolute Gasteiger partial charge is 0.232 e. The summed E-state index contributed by atoms with van der Waals surface area (Å²) in [5, 5.41) is 2.82. The molecule has 2 rings (SSSR count). The molecule has 0 saturated heterocycles. The third kappa shape index (κ3) is 6.27. The maximum absolute atomic E-state index is 12.2. The number of aryl methyl sites for hydroxylation is 2. The number of hydrogen-bond acceptors (Lipinski definition) is 4. The molecule has 0 aliphatic rings. The van der Waals surface area contributed by atoms with Crippen LogP contribution in [0.15, 0.2) is 42.5 Å². The number of hydrogen-bond donors (Lipinski definition) is 1. The quantitative estimate of drug-likeness (QED) is 0.688. The van der Waals surface area contributed by atoms with Crippen molar-refractivity contribution in [2.75, 3.05) is 29.0 Å². The Morgan fingerprint density at radius 3 is 2.32 bits per heavy atom. The number of rotatable bonds is 9. The Hall–Kier alpha value is -2.54. The van der Waals surface area contributed by atoms with E-state index in [0.29, 0.717) is 24.4 Å². The summed E-state index contributed by atoms with van der Waals surface area (Å²) in [6.45, 7) is 6.67. The predicted molar refractivity (Wildman–Crippen MR) is 114 cm³/mol. The molecule has 0 atom stereocenters. The van der Waals surface area contributed by atoms with Crippen LogP contribution in [0.1, 0.15) is 30.9 Å². The van der Waals surface area contributed by atoms with Crippen molar-refractivity contribution in [2.24, 2.45) is 0 Å². The van der Waals surface area contributed by atoms with Crippen LogP contribution in [-0.4, -0.2) is 33.7 Å². The number of anilines is 2. The molecule has 0 aliphatic heterocycles. The molecule has 0 unspecified atom stereocenters. The van der Waals surface area contributed by atoms with Gasteiger partial charge in [-0.1, -0.05) is 6.07 Å². The van der Waals surface area contributed by atoms with Gasteiger partial charge in [-0.2, -0.15) is 0 Å². The van der Waals surface area contributed by atoms with Crippen molar-refractivity contribution in [1.82, 2.24) is 0 Å². The van der Waals surface area contributed by atoms with E-state index >= 15 is 0 Å². The van der Waals surface area contributed by atoms with Crippen LogP contribution in [0, 0.1) is 13.8 Å². The van der Waals surface area contributed by atoms with E-state index in [1.165, 1.54) is 10.6 Å². The third-order valence-corrected chi connectivity index (χ3v) is 5.59. The standard InChI is InChI=1S/C21H28N2O4S/c1-5-27-20-12-9-18(10-13-20)22-21(24)7-6-14-23(28(4,25)26)19-11-8-16(2)17(3)15-19/h8-13,15H,5-7,14H2,1-4H3,(H,22,24). The minimum atomic E-state index is -3.43. The molecule has 2 aromatic rings. The van der Waals surface area contributed by atoms with Gasteiger partial charge in [0.1, 0.15) is 5.75 Å². The molecule has 0 bridgehead atoms. The van der Waals surface area contributed by atoms with Gasteiger partial charge in [-0.15, -0.1) is 0 Å². The summed E-state index contributed by atoms with van der Waals surface area (Å²) in [7, 11) is -3.43. The molecule has 1 N–H and O–H groups in total. The van der Waals surface area contributed by atoms with E-state index in [1.807, 2.05) is 32.9 Å². The van der Waals surface area contributed by atoms with Gasteiger partial charge in [0.05, 0.1) is 18.6 Å². The lowest BCUT2D eigenvalue weighted by atomic mass is 10.1. The molecule has 0 saturated carbocycles. The molecule has 28 heavy (non-hydrogen) atoms. The summed E-state index contributed by atoms with van der Waals surface area (Å²) in [5.74, 6) is 0.593. The SMILES string of the molecule is CCOc1ccc(NC(=O)CCCN(c2ccc(C)c(C)c2)S(C)(=O)=O)cc1. The van der Waals surface area contributed by atoms with Gasteiger partial charge in [-0.3, -0.25) is 9.10 Å². The fourth-order valence-corrected chi connectivity index (χ4v) is 3.73. The Balaban J connectivity index is 1.94. The molecule has 0 aliphatic carbocycles. The van der Waals surface area contributed by atoms with Crippen molar-refractivity contribution in [2.45, 2.75) is 33.6 Å². The van der Waals surface area contributed by atoms with Crippen LogP contribution in [0.25, 0.3) is 0 Å². The predicted octanol–water partition coefficient (Wildman–Crippen LogP) is 3.89. The van der Waals surface area contributed by atoms with E-state index in [4.69, 9.17) is 4.74 Å². The zero-order valence-corrected chi connectivity index (χ0v) is 17.7. The highest BCUT2D eigenvalue weighted by Gasteiger charge is 2.18. The Morgan fingerprint density at radius 2 is 1.75 bits per heavy atom. The molecule has 152 valence electrons. The number of ether oxygens (including phenoxy) is 1. The number of sulfonamides is 1. The minimum Gasteiger partial charge on any atom is -0.494 e. The largest absolute Gasteiger partial charge is 0.494 e. The number of carbonyl (C=O) groups is 1. The number of nitrogens with one attached hydrogen (secondary N) is 1. The van der Waals surface area contributed by atoms with Crippen LogP contribution in [0.4, 0.5) is 11.4 Å². The molecule has 1 amide bonds. The highest BCUT2D eigenvalue weighted by molar-refractivity contribution is 7.92. The normalized spacial score (nSPS) is 11.1. The first-order valence-electron chi connectivity index (χ1n) is 9.28. The summed E-state index contributed by atoms with van der Waals surface area (Å²) in [6, 6.07) is 12.7. The summed E-state index contributed by atoms with van der Waals surface area (Å²) in [6.07, 6.45) is 1.83. The second-order valence-electron chi connectivity index (χ2n) is 6.71. The highest BCUT2D eigenvalue weighted by atomic mass is 32.2. The maximum Gasteiger partial charge on any atom is 0.232 e. The zero-order chi connectivity index (χ0) is 20.7. The van der Waals surface area contributed by atoms with Crippen LogP contribution in [0.2, 0.25) is 0 Å². The number of carbonyl (C=O) groups excluding carboxylic acids is 1. The lowest BCUT2D eigenvalue weighted by molar-refractivity contribution is -0.116. The molecular formula is C21H28N2O4S. The van der Waals surface area contributed by atoms with Gasteiger partial charge in [-0.25, -0.2) is 8.42 Å². The summed E-state index contributed by atoms with van der Waals surface area (Å²) in [5.41, 5.74) is 3.44. The molecule has 0 heterocycles. The van der Waals surface area contributed by atoms with Crippen LogP contribution in [0.3, 0.4) is 0 Å². The monoisotopic (exact) mass is 404 g/mol. The highest BCUT2D eigenvalue weighted by Crippen LogP contribution is 2.22. The minimum absolute atomic E-state index is 0.155. The first kappa shape index (κ1) is 21.8. The second-order valence-corrected chi connectivity index (χ2v) is 8.62. The topological polar surface area (TPSA) is 75.7 Å². The van der Waals surface area contributed by atoms with E-state index in [9.17, 15) is 13.2 Å². The Morgan fingerprint density at radius 1 is 1.07 bits per heavy atom. The van der Waals surface area contributed by atoms with Gasteiger partial charge >= 0.3 is 0 Å². The van der Waals surface area contributed by atoms with Crippen molar-refractivity contribution < 1.29 is 17.9 Å². The van der Waals surface area contributed by atoms with Crippen LogP contribution in [0.5, 0.6) is 5.75 Å². The van der Waals surface area contributed by atoms with Crippen LogP contribution >= 0.6 is 0 Å². The van der Waals surface area contributed by atoms with Crippen LogP contribution < -0.4 is 14.4 Å². The molecule has 0 spiro atoms. The average Bonchev–Trinajstić information content (AvgIpc) is 2.62. The number of nitrogens with zero attached hydrogens (tertiary/aromatic N) is 1. The average molecular weight is 405 g/mol. The first-order chi connectivity index (χ1) is 13.2. The molecule has 0 aromatic heterocycles. The van der Waals surface area contributed by atoms with Crippen molar-refractivity contribution in [3.05, 3.63) is 53.6 Å². The fourth-order valence-electron chi connectivity index (χ4n) is 2.77. The van der Waals surface area contributed by atoms with E-state index in [-0.39, 0.29) is 18.9 Å². The Labute approximate surface area is 167 Å². The van der Waals surface area contributed by atoms with Gasteiger partial charge < -0.3 is 10.1 Å². The third-order valence-electron chi connectivity index (χ3n) is 4.39. The van der Waals surface area contributed by atoms with Gasteiger partial charge in [0, 0.05) is 18.7 Å². The lowest BCUT2D eigenvalue weighted by Gasteiger charge is -2.23. The number of benzene rings is 2. The van der Waals surface area contributed by atoms with Crippen LogP contribution in [-0.2, 0) is 14.8 Å². The van der Waals surface area contributed by atoms with E-state index in [0.717, 1.165) is 16.9 Å². The van der Waals surface area contributed by atoms with E-state index in [1.54, 1.807) is 30.3 Å². The van der Waals surface area contributed by atoms with Crippen molar-refractivity contribution in [1.29, 1.82) is 0 Å². The zero-order valence-electron chi connectivity index (χ0n) is 16.9. The molecule has 0 radical (unpaired) electrons. The summed E-state index contributed by atoms with van der Waals surface area (Å²) < 4.78 is 31.1. The Bertz CT molecular complexity index is 909. The molecule has 2 aromatic carbocycles. The Kier molecular flexibility index (Phi) is 7.45. The molecule has 7 heteroatoms. The first-order valence-corrected chi connectivity index (χ1v) is 11.1. The van der Waals surface area contributed by atoms with E-state index in [2.05, 4.69) is 5.32 Å². The maximum atomic E-state index is 12.2. The lowest BCUT2D eigenvalue weighted by Crippen LogP contribution is -2.31. The van der Waals surface area contributed by atoms with E-state index < -0.39 is 10.0 Å². The molecular weight excluding hydrogens is 376 g/mol. The summed E-state index contributed by atoms with van der Waals surface area (Å²) in [4.78, 5) is 12.2. The number of amides is 1. The van der Waals surface area contributed by atoms with Crippen molar-refractivity contribution >= 4 is 27.3 Å². The molecule has 0 fully saturated rings. The molecule has 6 nitrogen and oxygen atoms in total.